The van der Waals surface area contributed by atoms with Crippen LogP contribution in [-0.2, 0) is 4.79 Å². The van der Waals surface area contributed by atoms with Gasteiger partial charge in [-0.3, -0.25) is 24.5 Å². The fraction of sp³-hybridized carbons (Fsp3) is 0.0625. The molecule has 0 saturated carbocycles. The van der Waals surface area contributed by atoms with Crippen LogP contribution in [0.5, 0.6) is 0 Å². The zero-order valence-electron chi connectivity index (χ0n) is 12.0. The molecule has 23 heavy (non-hydrogen) atoms. The Morgan fingerprint density at radius 3 is 2.09 bits per heavy atom. The van der Waals surface area contributed by atoms with Gasteiger partial charge < -0.3 is 5.32 Å². The number of fused-ring (bicyclic) bond motifs is 2. The molecule has 1 amide bonds. The first kappa shape index (κ1) is 14.6. The average molecular weight is 310 g/mol. The van der Waals surface area contributed by atoms with Crippen LogP contribution < -0.4 is 5.32 Å². The van der Waals surface area contributed by atoms with Gasteiger partial charge in [0.25, 0.3) is 5.69 Å². The Morgan fingerprint density at radius 1 is 1.00 bits per heavy atom. The van der Waals surface area contributed by atoms with E-state index >= 15 is 0 Å². The second-order valence-electron chi connectivity index (χ2n) is 5.02. The summed E-state index contributed by atoms with van der Waals surface area (Å²) in [6.07, 6.45) is 0. The number of nitrogens with zero attached hydrogens (tertiary/aromatic N) is 1. The van der Waals surface area contributed by atoms with Crippen LogP contribution in [0.4, 0.5) is 11.4 Å². The summed E-state index contributed by atoms with van der Waals surface area (Å²) in [5, 5.41) is 13.7. The van der Waals surface area contributed by atoms with Crippen molar-refractivity contribution in [1.82, 2.24) is 0 Å². The number of nitrogens with one attached hydrogen (secondary N) is 1. The molecule has 2 aromatic carbocycles. The Balaban J connectivity index is 2.36. The van der Waals surface area contributed by atoms with E-state index in [1.165, 1.54) is 25.1 Å². The standard InChI is InChI=1S/C16H10N2O5/c1-8(19)17-11-6-7-12(18(22)23)14-13(11)15(20)9-4-2-3-5-10(9)16(14)21/h2-7H,1H3,(H,17,19). The molecule has 0 unspecified atom stereocenters. The van der Waals surface area contributed by atoms with Gasteiger partial charge in [0, 0.05) is 24.1 Å². The Labute approximate surface area is 130 Å². The molecule has 7 heteroatoms. The topological polar surface area (TPSA) is 106 Å². The van der Waals surface area contributed by atoms with E-state index in [1.54, 1.807) is 12.1 Å². The number of anilines is 1. The van der Waals surface area contributed by atoms with E-state index in [1.807, 2.05) is 0 Å². The van der Waals surface area contributed by atoms with Crippen molar-refractivity contribution in [3.63, 3.8) is 0 Å². The molecule has 3 rings (SSSR count). The molecule has 0 fully saturated rings. The maximum absolute atomic E-state index is 12.7. The number of rotatable bonds is 2. The van der Waals surface area contributed by atoms with Crippen molar-refractivity contribution in [2.24, 2.45) is 0 Å². The molecule has 0 saturated heterocycles. The Kier molecular flexibility index (Phi) is 3.25. The third-order valence-corrected chi connectivity index (χ3v) is 3.56. The smallest absolute Gasteiger partial charge is 0.281 e. The van der Waals surface area contributed by atoms with Crippen LogP contribution in [0, 0.1) is 10.1 Å². The fourth-order valence-electron chi connectivity index (χ4n) is 2.65. The molecule has 7 nitrogen and oxygen atoms in total. The van der Waals surface area contributed by atoms with E-state index in [4.69, 9.17) is 0 Å². The monoisotopic (exact) mass is 310 g/mol. The number of carbonyl (C=O) groups is 3. The minimum Gasteiger partial charge on any atom is -0.326 e. The molecule has 0 aliphatic heterocycles. The molecule has 2 aromatic rings. The Hall–Kier alpha value is -3.35. The van der Waals surface area contributed by atoms with Crippen LogP contribution in [0.1, 0.15) is 38.8 Å². The van der Waals surface area contributed by atoms with Crippen molar-refractivity contribution in [1.29, 1.82) is 0 Å². The van der Waals surface area contributed by atoms with E-state index < -0.39 is 28.1 Å². The molecular weight excluding hydrogens is 300 g/mol. The highest BCUT2D eigenvalue weighted by Gasteiger charge is 2.37. The molecular formula is C16H10N2O5. The number of benzene rings is 2. The molecule has 0 heterocycles. The lowest BCUT2D eigenvalue weighted by Gasteiger charge is -2.20. The van der Waals surface area contributed by atoms with Crippen LogP contribution in [0.3, 0.4) is 0 Å². The minimum atomic E-state index is -0.713. The summed E-state index contributed by atoms with van der Waals surface area (Å²) in [6.45, 7) is 1.25. The molecule has 0 atom stereocenters. The minimum absolute atomic E-state index is 0.0888. The SMILES string of the molecule is CC(=O)Nc1ccc([N+](=O)[O-])c2c1C(=O)c1ccccc1C2=O. The van der Waals surface area contributed by atoms with Crippen LogP contribution in [0.15, 0.2) is 36.4 Å². The average Bonchev–Trinajstić information content (AvgIpc) is 2.51. The van der Waals surface area contributed by atoms with Crippen LogP contribution in [0.2, 0.25) is 0 Å². The van der Waals surface area contributed by atoms with Crippen LogP contribution in [0.25, 0.3) is 0 Å². The first-order valence-electron chi connectivity index (χ1n) is 6.69. The first-order chi connectivity index (χ1) is 10.9. The van der Waals surface area contributed by atoms with Crippen molar-refractivity contribution in [2.75, 3.05) is 5.32 Å². The second kappa shape index (κ2) is 5.13. The van der Waals surface area contributed by atoms with E-state index in [0.29, 0.717) is 0 Å². The summed E-state index contributed by atoms with van der Waals surface area (Å²) in [4.78, 5) is 47.2. The van der Waals surface area contributed by atoms with E-state index in [2.05, 4.69) is 5.32 Å². The summed E-state index contributed by atoms with van der Waals surface area (Å²) >= 11 is 0. The molecule has 1 aliphatic carbocycles. The van der Waals surface area contributed by atoms with Crippen molar-refractivity contribution < 1.29 is 19.3 Å². The normalized spacial score (nSPS) is 12.4. The highest BCUT2D eigenvalue weighted by molar-refractivity contribution is 6.31. The third kappa shape index (κ3) is 2.18. The lowest BCUT2D eigenvalue weighted by atomic mass is 9.82. The first-order valence-corrected chi connectivity index (χ1v) is 6.69. The van der Waals surface area contributed by atoms with Crippen LogP contribution in [-0.4, -0.2) is 22.4 Å². The molecule has 0 spiro atoms. The summed E-state index contributed by atoms with van der Waals surface area (Å²) in [6, 6.07) is 8.49. The summed E-state index contributed by atoms with van der Waals surface area (Å²) in [5.41, 5.74) is -0.513. The Morgan fingerprint density at radius 2 is 1.57 bits per heavy atom. The van der Waals surface area contributed by atoms with Crippen molar-refractivity contribution in [2.45, 2.75) is 6.92 Å². The molecule has 0 radical (unpaired) electrons. The number of amides is 1. The van der Waals surface area contributed by atoms with Gasteiger partial charge in [0.15, 0.2) is 5.78 Å². The number of carbonyl (C=O) groups excluding carboxylic acids is 3. The van der Waals surface area contributed by atoms with Crippen molar-refractivity contribution in [3.8, 4) is 0 Å². The molecule has 114 valence electrons. The number of ketones is 2. The fourth-order valence-corrected chi connectivity index (χ4v) is 2.65. The van der Waals surface area contributed by atoms with Crippen molar-refractivity contribution in [3.05, 3.63) is 68.8 Å². The molecule has 0 aromatic heterocycles. The highest BCUT2D eigenvalue weighted by Crippen LogP contribution is 2.37. The van der Waals surface area contributed by atoms with Gasteiger partial charge in [0.2, 0.25) is 11.7 Å². The van der Waals surface area contributed by atoms with Gasteiger partial charge in [-0.15, -0.1) is 0 Å². The summed E-state index contributed by atoms with van der Waals surface area (Å²) in [7, 11) is 0. The van der Waals surface area contributed by atoms with Gasteiger partial charge in [-0.25, -0.2) is 0 Å². The molecule has 1 aliphatic rings. The van der Waals surface area contributed by atoms with Gasteiger partial charge in [-0.1, -0.05) is 24.3 Å². The third-order valence-electron chi connectivity index (χ3n) is 3.56. The zero-order valence-corrected chi connectivity index (χ0v) is 12.0. The predicted octanol–water partition coefficient (Wildman–Crippen LogP) is 2.33. The van der Waals surface area contributed by atoms with E-state index in [0.717, 1.165) is 6.07 Å². The van der Waals surface area contributed by atoms with E-state index in [-0.39, 0.29) is 27.9 Å². The quantitative estimate of drug-likeness (QED) is 0.577. The summed E-state index contributed by atoms with van der Waals surface area (Å²) in [5.74, 6) is -1.57. The predicted molar refractivity (Wildman–Crippen MR) is 80.7 cm³/mol. The lowest BCUT2D eigenvalue weighted by molar-refractivity contribution is -0.385. The van der Waals surface area contributed by atoms with Gasteiger partial charge >= 0.3 is 0 Å². The number of hydrogen-bond acceptors (Lipinski definition) is 5. The number of nitro benzene ring substituents is 1. The maximum atomic E-state index is 12.7. The second-order valence-corrected chi connectivity index (χ2v) is 5.02. The van der Waals surface area contributed by atoms with Gasteiger partial charge in [-0.05, 0) is 6.07 Å². The summed E-state index contributed by atoms with van der Waals surface area (Å²) < 4.78 is 0. The van der Waals surface area contributed by atoms with Gasteiger partial charge in [0.1, 0.15) is 5.56 Å². The lowest BCUT2D eigenvalue weighted by Crippen LogP contribution is -2.24. The van der Waals surface area contributed by atoms with E-state index in [9.17, 15) is 24.5 Å². The molecule has 1 N–H and O–H groups in total. The maximum Gasteiger partial charge on any atom is 0.281 e. The Bertz CT molecular complexity index is 901. The zero-order chi connectivity index (χ0) is 16.7. The largest absolute Gasteiger partial charge is 0.326 e. The number of nitro groups is 1. The number of hydrogen-bond donors (Lipinski definition) is 1. The molecule has 0 bridgehead atoms. The highest BCUT2D eigenvalue weighted by atomic mass is 16.6. The van der Waals surface area contributed by atoms with Gasteiger partial charge in [-0.2, -0.15) is 0 Å². The van der Waals surface area contributed by atoms with Crippen LogP contribution >= 0.6 is 0 Å². The van der Waals surface area contributed by atoms with Gasteiger partial charge in [0.05, 0.1) is 16.2 Å². The van der Waals surface area contributed by atoms with Crippen molar-refractivity contribution >= 4 is 28.8 Å².